The average Bonchev–Trinajstić information content (AvgIpc) is 2.59. The second-order valence-electron chi connectivity index (χ2n) is 4.90. The minimum atomic E-state index is -0.559. The van der Waals surface area contributed by atoms with Crippen LogP contribution in [0.5, 0.6) is 5.75 Å². The second-order valence-corrected chi connectivity index (χ2v) is 4.90. The van der Waals surface area contributed by atoms with Crippen molar-refractivity contribution in [2.45, 2.75) is 38.5 Å². The molecule has 0 spiro atoms. The summed E-state index contributed by atoms with van der Waals surface area (Å²) in [7, 11) is 0. The number of rotatable bonds is 3. The molecule has 2 nitrogen and oxygen atoms in total. The first-order valence-corrected chi connectivity index (χ1v) is 6.48. The number of hydrogen-bond acceptors (Lipinski definition) is 2. The van der Waals surface area contributed by atoms with E-state index in [1.165, 1.54) is 50.7 Å². The van der Waals surface area contributed by atoms with Gasteiger partial charge in [-0.25, -0.2) is 4.39 Å². The normalized spacial score (nSPS) is 17.7. The van der Waals surface area contributed by atoms with Crippen molar-refractivity contribution in [1.29, 1.82) is 0 Å². The van der Waals surface area contributed by atoms with Crippen molar-refractivity contribution >= 4 is 5.69 Å². The standard InChI is InChI=1S/C14H20FNO/c15-13-9-12(7-8-14(13)17)16-10-11-5-3-1-2-4-6-11/h7-9,11,16-17H,1-6,10H2. The van der Waals surface area contributed by atoms with Gasteiger partial charge in [-0.2, -0.15) is 0 Å². The van der Waals surface area contributed by atoms with Crippen LogP contribution in [0.25, 0.3) is 0 Å². The Hall–Kier alpha value is -1.25. The molecule has 1 aromatic carbocycles. The maximum absolute atomic E-state index is 13.1. The first-order valence-electron chi connectivity index (χ1n) is 6.48. The summed E-state index contributed by atoms with van der Waals surface area (Å²) < 4.78 is 13.1. The van der Waals surface area contributed by atoms with Gasteiger partial charge in [0.25, 0.3) is 0 Å². The Labute approximate surface area is 102 Å². The Bertz CT molecular complexity index is 359. The molecule has 3 heteroatoms. The van der Waals surface area contributed by atoms with Crippen LogP contribution in [0, 0.1) is 11.7 Å². The fraction of sp³-hybridized carbons (Fsp3) is 0.571. The zero-order chi connectivity index (χ0) is 12.1. The van der Waals surface area contributed by atoms with E-state index in [1.54, 1.807) is 6.07 Å². The predicted molar refractivity (Wildman–Crippen MR) is 67.7 cm³/mol. The summed E-state index contributed by atoms with van der Waals surface area (Å²) >= 11 is 0. The van der Waals surface area contributed by atoms with E-state index >= 15 is 0 Å². The fourth-order valence-electron chi connectivity index (χ4n) is 2.45. The van der Waals surface area contributed by atoms with Crippen molar-refractivity contribution < 1.29 is 9.50 Å². The average molecular weight is 237 g/mol. The summed E-state index contributed by atoms with van der Waals surface area (Å²) in [6, 6.07) is 4.46. The van der Waals surface area contributed by atoms with E-state index < -0.39 is 5.82 Å². The van der Waals surface area contributed by atoms with Crippen LogP contribution in [0.1, 0.15) is 38.5 Å². The quantitative estimate of drug-likeness (QED) is 0.617. The van der Waals surface area contributed by atoms with Crippen LogP contribution >= 0.6 is 0 Å². The van der Waals surface area contributed by atoms with Gasteiger partial charge in [-0.3, -0.25) is 0 Å². The summed E-state index contributed by atoms with van der Waals surface area (Å²) in [5, 5.41) is 12.4. The maximum atomic E-state index is 13.1. The van der Waals surface area contributed by atoms with E-state index in [4.69, 9.17) is 5.11 Å². The lowest BCUT2D eigenvalue weighted by Crippen LogP contribution is -2.13. The van der Waals surface area contributed by atoms with Crippen molar-refractivity contribution in [3.63, 3.8) is 0 Å². The fourth-order valence-corrected chi connectivity index (χ4v) is 2.45. The molecule has 1 saturated carbocycles. The molecule has 0 atom stereocenters. The molecule has 2 rings (SSSR count). The Kier molecular flexibility index (Phi) is 4.24. The lowest BCUT2D eigenvalue weighted by atomic mass is 10.0. The number of aromatic hydroxyl groups is 1. The molecule has 0 bridgehead atoms. The van der Waals surface area contributed by atoms with Gasteiger partial charge in [-0.05, 0) is 30.9 Å². The molecular formula is C14H20FNO. The molecule has 0 saturated heterocycles. The molecule has 0 unspecified atom stereocenters. The Balaban J connectivity index is 1.85. The minimum absolute atomic E-state index is 0.287. The number of benzene rings is 1. The number of phenols is 1. The summed E-state index contributed by atoms with van der Waals surface area (Å²) in [4.78, 5) is 0. The second kappa shape index (κ2) is 5.89. The molecule has 94 valence electrons. The van der Waals surface area contributed by atoms with Crippen LogP contribution in [0.2, 0.25) is 0 Å². The lowest BCUT2D eigenvalue weighted by Gasteiger charge is -2.15. The lowest BCUT2D eigenvalue weighted by molar-refractivity contribution is 0.432. The summed E-state index contributed by atoms with van der Waals surface area (Å²) in [5.74, 6) is -0.143. The van der Waals surface area contributed by atoms with E-state index in [1.807, 2.05) is 0 Å². The van der Waals surface area contributed by atoms with Crippen LogP contribution in [0.4, 0.5) is 10.1 Å². The van der Waals surface area contributed by atoms with E-state index in [-0.39, 0.29) is 5.75 Å². The Morgan fingerprint density at radius 1 is 1.18 bits per heavy atom. The highest BCUT2D eigenvalue weighted by Gasteiger charge is 2.12. The first kappa shape index (κ1) is 12.2. The van der Waals surface area contributed by atoms with Gasteiger partial charge in [0, 0.05) is 18.3 Å². The van der Waals surface area contributed by atoms with Gasteiger partial charge in [0.2, 0.25) is 0 Å². The van der Waals surface area contributed by atoms with Gasteiger partial charge >= 0.3 is 0 Å². The van der Waals surface area contributed by atoms with Gasteiger partial charge in [0.15, 0.2) is 11.6 Å². The van der Waals surface area contributed by atoms with E-state index in [0.717, 1.165) is 12.2 Å². The molecule has 17 heavy (non-hydrogen) atoms. The van der Waals surface area contributed by atoms with Crippen molar-refractivity contribution in [2.24, 2.45) is 5.92 Å². The topological polar surface area (TPSA) is 32.3 Å². The molecule has 1 aliphatic carbocycles. The van der Waals surface area contributed by atoms with Gasteiger partial charge in [-0.15, -0.1) is 0 Å². The number of hydrogen-bond donors (Lipinski definition) is 2. The predicted octanol–water partition coefficient (Wildman–Crippen LogP) is 3.91. The molecule has 2 N–H and O–H groups in total. The van der Waals surface area contributed by atoms with Gasteiger partial charge < -0.3 is 10.4 Å². The summed E-state index contributed by atoms with van der Waals surface area (Å²) in [6.45, 7) is 0.907. The third-order valence-corrected chi connectivity index (χ3v) is 3.52. The molecule has 0 radical (unpaired) electrons. The monoisotopic (exact) mass is 237 g/mol. The van der Waals surface area contributed by atoms with Gasteiger partial charge in [0.05, 0.1) is 0 Å². The number of halogens is 1. The molecule has 0 aliphatic heterocycles. The SMILES string of the molecule is Oc1ccc(NCC2CCCCCC2)cc1F. The smallest absolute Gasteiger partial charge is 0.166 e. The molecular weight excluding hydrogens is 217 g/mol. The largest absolute Gasteiger partial charge is 0.505 e. The zero-order valence-electron chi connectivity index (χ0n) is 10.1. The van der Waals surface area contributed by atoms with E-state index in [9.17, 15) is 4.39 Å². The summed E-state index contributed by atoms with van der Waals surface area (Å²) in [5.41, 5.74) is 0.754. The van der Waals surface area contributed by atoms with Crippen LogP contribution in [0.3, 0.4) is 0 Å². The molecule has 1 fully saturated rings. The Morgan fingerprint density at radius 3 is 2.53 bits per heavy atom. The summed E-state index contributed by atoms with van der Waals surface area (Å²) in [6.07, 6.45) is 7.88. The van der Waals surface area contributed by atoms with Crippen molar-refractivity contribution in [2.75, 3.05) is 11.9 Å². The van der Waals surface area contributed by atoms with Crippen molar-refractivity contribution in [3.8, 4) is 5.75 Å². The maximum Gasteiger partial charge on any atom is 0.166 e. The van der Waals surface area contributed by atoms with E-state index in [2.05, 4.69) is 5.32 Å². The third kappa shape index (κ3) is 3.62. The van der Waals surface area contributed by atoms with Crippen molar-refractivity contribution in [1.82, 2.24) is 0 Å². The van der Waals surface area contributed by atoms with Gasteiger partial charge in [-0.1, -0.05) is 25.7 Å². The molecule has 1 aromatic rings. The highest BCUT2D eigenvalue weighted by atomic mass is 19.1. The highest BCUT2D eigenvalue weighted by Crippen LogP contribution is 2.24. The number of anilines is 1. The van der Waals surface area contributed by atoms with E-state index in [0.29, 0.717) is 5.92 Å². The molecule has 0 amide bonds. The Morgan fingerprint density at radius 2 is 1.88 bits per heavy atom. The van der Waals surface area contributed by atoms with Crippen LogP contribution in [0.15, 0.2) is 18.2 Å². The van der Waals surface area contributed by atoms with Crippen LogP contribution in [-0.2, 0) is 0 Å². The van der Waals surface area contributed by atoms with Crippen LogP contribution in [-0.4, -0.2) is 11.7 Å². The zero-order valence-corrected chi connectivity index (χ0v) is 10.1. The molecule has 0 aromatic heterocycles. The number of nitrogens with one attached hydrogen (secondary N) is 1. The number of phenolic OH excluding ortho intramolecular Hbond substituents is 1. The van der Waals surface area contributed by atoms with Crippen molar-refractivity contribution in [3.05, 3.63) is 24.0 Å². The minimum Gasteiger partial charge on any atom is -0.505 e. The molecule has 0 heterocycles. The highest BCUT2D eigenvalue weighted by molar-refractivity contribution is 5.46. The van der Waals surface area contributed by atoms with Gasteiger partial charge in [0.1, 0.15) is 0 Å². The first-order chi connectivity index (χ1) is 8.25. The molecule has 1 aliphatic rings. The van der Waals surface area contributed by atoms with Crippen LogP contribution < -0.4 is 5.32 Å². The third-order valence-electron chi connectivity index (χ3n) is 3.52.